The van der Waals surface area contributed by atoms with Gasteiger partial charge in [-0.2, -0.15) is 0 Å². The Bertz CT molecular complexity index is 250. The highest BCUT2D eigenvalue weighted by molar-refractivity contribution is 7.98. The summed E-state index contributed by atoms with van der Waals surface area (Å²) >= 11 is 1.67. The molecule has 0 saturated carbocycles. The van der Waals surface area contributed by atoms with Crippen LogP contribution >= 0.6 is 11.8 Å². The zero-order valence-corrected chi connectivity index (χ0v) is 7.44. The van der Waals surface area contributed by atoms with E-state index in [0.717, 1.165) is 10.6 Å². The van der Waals surface area contributed by atoms with Crippen molar-refractivity contribution in [2.24, 2.45) is 0 Å². The molecule has 60 valence electrons. The number of methoxy groups -OCH3 is 1. The normalized spacial score (nSPS) is 9.64. The van der Waals surface area contributed by atoms with E-state index >= 15 is 0 Å². The molecule has 2 N–H and O–H groups in total. The predicted molar refractivity (Wildman–Crippen MR) is 49.2 cm³/mol. The van der Waals surface area contributed by atoms with Crippen LogP contribution in [0.25, 0.3) is 0 Å². The molecular weight excluding hydrogens is 158 g/mol. The molecular formula is C8H11NOS. The molecule has 0 unspecified atom stereocenters. The fraction of sp³-hybridized carbons (Fsp3) is 0.250. The maximum absolute atomic E-state index is 5.62. The van der Waals surface area contributed by atoms with Crippen molar-refractivity contribution in [2.75, 3.05) is 19.1 Å². The van der Waals surface area contributed by atoms with Gasteiger partial charge in [-0.15, -0.1) is 11.8 Å². The number of hydrogen-bond donors (Lipinski definition) is 1. The van der Waals surface area contributed by atoms with Gasteiger partial charge in [0.05, 0.1) is 12.8 Å². The van der Waals surface area contributed by atoms with E-state index in [4.69, 9.17) is 10.5 Å². The molecule has 2 nitrogen and oxygen atoms in total. The average Bonchev–Trinajstić information content (AvgIpc) is 2.05. The zero-order chi connectivity index (χ0) is 8.27. The van der Waals surface area contributed by atoms with E-state index in [1.807, 2.05) is 24.5 Å². The van der Waals surface area contributed by atoms with Crippen molar-refractivity contribution in [1.82, 2.24) is 0 Å². The molecule has 11 heavy (non-hydrogen) atoms. The molecule has 0 atom stereocenters. The third kappa shape index (κ3) is 1.80. The highest BCUT2D eigenvalue weighted by Crippen LogP contribution is 2.26. The van der Waals surface area contributed by atoms with Gasteiger partial charge < -0.3 is 10.5 Å². The smallest absolute Gasteiger partial charge is 0.142 e. The lowest BCUT2D eigenvalue weighted by molar-refractivity contribution is 0.416. The van der Waals surface area contributed by atoms with Crippen LogP contribution in [-0.4, -0.2) is 13.4 Å². The first kappa shape index (κ1) is 8.27. The largest absolute Gasteiger partial charge is 0.495 e. The topological polar surface area (TPSA) is 35.2 Å². The van der Waals surface area contributed by atoms with Crippen molar-refractivity contribution < 1.29 is 4.74 Å². The lowest BCUT2D eigenvalue weighted by atomic mass is 10.3. The fourth-order valence-electron chi connectivity index (χ4n) is 0.818. The van der Waals surface area contributed by atoms with Crippen molar-refractivity contribution in [3.63, 3.8) is 0 Å². The molecule has 0 aliphatic carbocycles. The Hall–Kier alpha value is -0.830. The number of nitrogen functional groups attached to an aromatic ring is 1. The van der Waals surface area contributed by atoms with E-state index in [2.05, 4.69) is 0 Å². The van der Waals surface area contributed by atoms with Crippen molar-refractivity contribution in [2.45, 2.75) is 4.90 Å². The van der Waals surface area contributed by atoms with Crippen molar-refractivity contribution in [1.29, 1.82) is 0 Å². The predicted octanol–water partition coefficient (Wildman–Crippen LogP) is 2.00. The molecule has 0 aromatic heterocycles. The van der Waals surface area contributed by atoms with Gasteiger partial charge in [-0.1, -0.05) is 0 Å². The van der Waals surface area contributed by atoms with Gasteiger partial charge in [-0.25, -0.2) is 0 Å². The molecule has 0 saturated heterocycles. The van der Waals surface area contributed by atoms with Crippen LogP contribution in [0, 0.1) is 0 Å². The van der Waals surface area contributed by atoms with Crippen LogP contribution in [0.2, 0.25) is 0 Å². The van der Waals surface area contributed by atoms with Gasteiger partial charge in [-0.05, 0) is 24.5 Å². The van der Waals surface area contributed by atoms with Crippen LogP contribution < -0.4 is 10.5 Å². The van der Waals surface area contributed by atoms with E-state index < -0.39 is 0 Å². The summed E-state index contributed by atoms with van der Waals surface area (Å²) in [6.45, 7) is 0. The first-order valence-corrected chi connectivity index (χ1v) is 4.48. The molecule has 0 spiro atoms. The molecule has 0 radical (unpaired) electrons. The Morgan fingerprint density at radius 2 is 2.18 bits per heavy atom. The molecule has 0 bridgehead atoms. The molecule has 0 fully saturated rings. The van der Waals surface area contributed by atoms with Gasteiger partial charge in [0.2, 0.25) is 0 Å². The number of thioether (sulfide) groups is 1. The first-order chi connectivity index (χ1) is 5.27. The molecule has 1 rings (SSSR count). The summed E-state index contributed by atoms with van der Waals surface area (Å²) in [5.41, 5.74) is 6.31. The van der Waals surface area contributed by atoms with Gasteiger partial charge in [0.15, 0.2) is 0 Å². The standard InChI is InChI=1S/C8H11NOS/c1-10-8-5-6(11-2)3-4-7(8)9/h3-5H,9H2,1-2H3. The zero-order valence-electron chi connectivity index (χ0n) is 6.63. The maximum Gasteiger partial charge on any atom is 0.142 e. The van der Waals surface area contributed by atoms with Gasteiger partial charge in [0, 0.05) is 4.90 Å². The number of nitrogens with two attached hydrogens (primary N) is 1. The van der Waals surface area contributed by atoms with Gasteiger partial charge >= 0.3 is 0 Å². The first-order valence-electron chi connectivity index (χ1n) is 3.25. The second-order valence-electron chi connectivity index (χ2n) is 2.11. The molecule has 0 amide bonds. The van der Waals surface area contributed by atoms with Crippen LogP contribution in [0.15, 0.2) is 23.1 Å². The summed E-state index contributed by atoms with van der Waals surface area (Å²) in [5, 5.41) is 0. The monoisotopic (exact) mass is 169 g/mol. The highest BCUT2D eigenvalue weighted by Gasteiger charge is 1.98. The second-order valence-corrected chi connectivity index (χ2v) is 2.99. The summed E-state index contributed by atoms with van der Waals surface area (Å²) in [7, 11) is 1.62. The lowest BCUT2D eigenvalue weighted by Gasteiger charge is -2.04. The Kier molecular flexibility index (Phi) is 2.65. The third-order valence-corrected chi connectivity index (χ3v) is 2.17. The van der Waals surface area contributed by atoms with E-state index in [1.54, 1.807) is 18.9 Å². The maximum atomic E-state index is 5.62. The minimum atomic E-state index is 0.685. The lowest BCUT2D eigenvalue weighted by Crippen LogP contribution is -1.91. The number of ether oxygens (including phenoxy) is 1. The third-order valence-electron chi connectivity index (χ3n) is 1.44. The summed E-state index contributed by atoms with van der Waals surface area (Å²) < 4.78 is 5.05. The Balaban J connectivity index is 3.02. The number of benzene rings is 1. The Morgan fingerprint density at radius 3 is 2.73 bits per heavy atom. The van der Waals surface area contributed by atoms with Crippen molar-refractivity contribution >= 4 is 17.4 Å². The summed E-state index contributed by atoms with van der Waals surface area (Å²) in [4.78, 5) is 1.16. The highest BCUT2D eigenvalue weighted by atomic mass is 32.2. The van der Waals surface area contributed by atoms with Crippen molar-refractivity contribution in [3.8, 4) is 5.75 Å². The van der Waals surface area contributed by atoms with E-state index in [-0.39, 0.29) is 0 Å². The van der Waals surface area contributed by atoms with E-state index in [1.165, 1.54) is 0 Å². The van der Waals surface area contributed by atoms with E-state index in [0.29, 0.717) is 5.69 Å². The van der Waals surface area contributed by atoms with Crippen molar-refractivity contribution in [3.05, 3.63) is 18.2 Å². The van der Waals surface area contributed by atoms with Gasteiger partial charge in [-0.3, -0.25) is 0 Å². The Labute approximate surface area is 70.7 Å². The minimum Gasteiger partial charge on any atom is -0.495 e. The van der Waals surface area contributed by atoms with Crippen LogP contribution in [0.4, 0.5) is 5.69 Å². The van der Waals surface area contributed by atoms with Gasteiger partial charge in [0.1, 0.15) is 5.75 Å². The molecule has 0 heterocycles. The number of hydrogen-bond acceptors (Lipinski definition) is 3. The summed E-state index contributed by atoms with van der Waals surface area (Å²) in [6.07, 6.45) is 2.02. The summed E-state index contributed by atoms with van der Waals surface area (Å²) in [6, 6.07) is 5.76. The van der Waals surface area contributed by atoms with Gasteiger partial charge in [0.25, 0.3) is 0 Å². The molecule has 3 heteroatoms. The molecule has 0 aliphatic heterocycles. The minimum absolute atomic E-state index is 0.685. The van der Waals surface area contributed by atoms with Crippen LogP contribution in [0.5, 0.6) is 5.75 Å². The molecule has 1 aromatic carbocycles. The quantitative estimate of drug-likeness (QED) is 0.543. The van der Waals surface area contributed by atoms with Crippen LogP contribution in [0.1, 0.15) is 0 Å². The number of anilines is 1. The number of rotatable bonds is 2. The summed E-state index contributed by atoms with van der Waals surface area (Å²) in [5.74, 6) is 0.747. The van der Waals surface area contributed by atoms with E-state index in [9.17, 15) is 0 Å². The SMILES string of the molecule is COc1cc(SC)ccc1N. The molecule has 0 aliphatic rings. The van der Waals surface area contributed by atoms with Crippen LogP contribution in [-0.2, 0) is 0 Å². The molecule has 1 aromatic rings. The fourth-order valence-corrected chi connectivity index (χ4v) is 1.25. The Morgan fingerprint density at radius 1 is 1.45 bits per heavy atom. The average molecular weight is 169 g/mol. The second kappa shape index (κ2) is 3.53. The van der Waals surface area contributed by atoms with Crippen LogP contribution in [0.3, 0.4) is 0 Å².